The Balaban J connectivity index is 2.74. The summed E-state index contributed by atoms with van der Waals surface area (Å²) in [4.78, 5) is 10.7. The zero-order valence-electron chi connectivity index (χ0n) is 9.87. The van der Waals surface area contributed by atoms with Crippen LogP contribution in [0.4, 0.5) is 0 Å². The summed E-state index contributed by atoms with van der Waals surface area (Å²) in [5, 5.41) is 12.3. The van der Waals surface area contributed by atoms with Crippen LogP contribution in [0.15, 0.2) is 18.2 Å². The monoisotopic (exact) mass is 257 g/mol. The molecule has 0 saturated carbocycles. The van der Waals surface area contributed by atoms with E-state index in [2.05, 4.69) is 5.32 Å². The largest absolute Gasteiger partial charge is 0.494 e. The topological polar surface area (TPSA) is 58.6 Å². The highest BCUT2D eigenvalue weighted by Gasteiger charge is 2.11. The van der Waals surface area contributed by atoms with E-state index in [0.717, 1.165) is 11.3 Å². The van der Waals surface area contributed by atoms with Crippen LogP contribution in [0.25, 0.3) is 0 Å². The van der Waals surface area contributed by atoms with Crippen molar-refractivity contribution in [1.29, 1.82) is 0 Å². The van der Waals surface area contributed by atoms with Crippen molar-refractivity contribution in [3.63, 3.8) is 0 Å². The van der Waals surface area contributed by atoms with Crippen molar-refractivity contribution in [1.82, 2.24) is 5.32 Å². The van der Waals surface area contributed by atoms with Crippen molar-refractivity contribution in [3.05, 3.63) is 28.8 Å². The van der Waals surface area contributed by atoms with Gasteiger partial charge < -0.3 is 15.2 Å². The minimum Gasteiger partial charge on any atom is -0.494 e. The maximum absolute atomic E-state index is 10.7. The number of carboxylic acids is 1. The van der Waals surface area contributed by atoms with E-state index in [1.54, 1.807) is 25.1 Å². The van der Waals surface area contributed by atoms with Gasteiger partial charge in [0.25, 0.3) is 0 Å². The molecule has 0 bridgehead atoms. The second-order valence-electron chi connectivity index (χ2n) is 3.63. The van der Waals surface area contributed by atoms with Crippen LogP contribution in [0.3, 0.4) is 0 Å². The predicted octanol–water partition coefficient (Wildman–Crippen LogP) is 2.30. The molecule has 5 heteroatoms. The first kappa shape index (κ1) is 13.8. The Hall–Kier alpha value is -1.26. The Kier molecular flexibility index (Phi) is 5.25. The molecule has 0 radical (unpaired) electrons. The summed E-state index contributed by atoms with van der Waals surface area (Å²) in [6, 6.07) is 4.70. The number of rotatable bonds is 6. The number of hydrogen-bond acceptors (Lipinski definition) is 3. The van der Waals surface area contributed by atoms with Crippen molar-refractivity contribution in [2.24, 2.45) is 0 Å². The summed E-state index contributed by atoms with van der Waals surface area (Å²) < 4.78 is 5.44. The highest BCUT2D eigenvalue weighted by molar-refractivity contribution is 6.30. The molecule has 0 aliphatic carbocycles. The number of halogens is 1. The summed E-state index contributed by atoms with van der Waals surface area (Å²) in [7, 11) is 0. The summed E-state index contributed by atoms with van der Waals surface area (Å²) in [5.74, 6) is -0.160. The molecule has 0 saturated heterocycles. The molecular weight excluding hydrogens is 242 g/mol. The molecule has 0 aliphatic heterocycles. The summed E-state index contributed by atoms with van der Waals surface area (Å²) >= 11 is 5.90. The lowest BCUT2D eigenvalue weighted by Crippen LogP contribution is -2.33. The molecule has 17 heavy (non-hydrogen) atoms. The molecule has 94 valence electrons. The van der Waals surface area contributed by atoms with Crippen LogP contribution < -0.4 is 10.1 Å². The molecule has 0 aliphatic rings. The maximum atomic E-state index is 10.7. The molecule has 0 aromatic heterocycles. The molecular formula is C12H16ClNO3. The van der Waals surface area contributed by atoms with Gasteiger partial charge in [-0.1, -0.05) is 11.6 Å². The first-order valence-corrected chi connectivity index (χ1v) is 5.79. The van der Waals surface area contributed by atoms with Gasteiger partial charge in [0.05, 0.1) is 6.61 Å². The van der Waals surface area contributed by atoms with Gasteiger partial charge in [-0.2, -0.15) is 0 Å². The second-order valence-corrected chi connectivity index (χ2v) is 4.06. The van der Waals surface area contributed by atoms with E-state index in [-0.39, 0.29) is 0 Å². The minimum atomic E-state index is -0.884. The van der Waals surface area contributed by atoms with Gasteiger partial charge in [-0.25, -0.2) is 0 Å². The average molecular weight is 258 g/mol. The highest BCUT2D eigenvalue weighted by Crippen LogP contribution is 2.22. The third-order valence-electron chi connectivity index (χ3n) is 2.29. The minimum absolute atomic E-state index is 0.406. The van der Waals surface area contributed by atoms with Crippen molar-refractivity contribution in [3.8, 4) is 5.75 Å². The molecule has 0 amide bonds. The van der Waals surface area contributed by atoms with Crippen LogP contribution in [0.5, 0.6) is 5.75 Å². The van der Waals surface area contributed by atoms with Crippen LogP contribution in [0.2, 0.25) is 5.02 Å². The third kappa shape index (κ3) is 4.24. The normalized spacial score (nSPS) is 12.2. The molecule has 1 aromatic carbocycles. The van der Waals surface area contributed by atoms with E-state index in [9.17, 15) is 4.79 Å². The Bertz CT molecular complexity index is 395. The number of aliphatic carboxylic acids is 1. The van der Waals surface area contributed by atoms with Gasteiger partial charge in [0, 0.05) is 17.1 Å². The van der Waals surface area contributed by atoms with Crippen molar-refractivity contribution < 1.29 is 14.6 Å². The van der Waals surface area contributed by atoms with Gasteiger partial charge in [-0.15, -0.1) is 0 Å². The molecule has 2 N–H and O–H groups in total. The van der Waals surface area contributed by atoms with E-state index in [4.69, 9.17) is 21.4 Å². The van der Waals surface area contributed by atoms with Crippen molar-refractivity contribution >= 4 is 17.6 Å². The number of nitrogens with one attached hydrogen (secondary N) is 1. The summed E-state index contributed by atoms with van der Waals surface area (Å²) in [6.45, 7) is 4.45. The van der Waals surface area contributed by atoms with Gasteiger partial charge in [0.1, 0.15) is 11.8 Å². The molecule has 0 heterocycles. The molecule has 4 nitrogen and oxygen atoms in total. The highest BCUT2D eigenvalue weighted by atomic mass is 35.5. The maximum Gasteiger partial charge on any atom is 0.320 e. The van der Waals surface area contributed by atoms with Crippen LogP contribution >= 0.6 is 11.6 Å². The SMILES string of the molecule is CCOc1ccc(Cl)cc1CN[C@H](C)C(=O)O. The first-order chi connectivity index (χ1) is 8.04. The molecule has 1 aromatic rings. The number of carbonyl (C=O) groups is 1. The zero-order chi connectivity index (χ0) is 12.8. The fourth-order valence-electron chi connectivity index (χ4n) is 1.33. The number of ether oxygens (including phenoxy) is 1. The molecule has 1 atom stereocenters. The van der Waals surface area contributed by atoms with Crippen LogP contribution in [0.1, 0.15) is 19.4 Å². The van der Waals surface area contributed by atoms with E-state index in [0.29, 0.717) is 18.2 Å². The first-order valence-electron chi connectivity index (χ1n) is 5.42. The molecule has 1 rings (SSSR count). The molecule has 0 spiro atoms. The average Bonchev–Trinajstić information content (AvgIpc) is 2.29. The fraction of sp³-hybridized carbons (Fsp3) is 0.417. The quantitative estimate of drug-likeness (QED) is 0.821. The van der Waals surface area contributed by atoms with Crippen molar-refractivity contribution in [2.45, 2.75) is 26.4 Å². The fourth-order valence-corrected chi connectivity index (χ4v) is 1.53. The van der Waals surface area contributed by atoms with Gasteiger partial charge in [0.2, 0.25) is 0 Å². The third-order valence-corrected chi connectivity index (χ3v) is 2.53. The number of benzene rings is 1. The van der Waals surface area contributed by atoms with E-state index in [1.807, 2.05) is 6.92 Å². The van der Waals surface area contributed by atoms with E-state index in [1.165, 1.54) is 0 Å². The number of carboxylic acid groups (broad SMARTS) is 1. The lowest BCUT2D eigenvalue weighted by Gasteiger charge is -2.13. The van der Waals surface area contributed by atoms with Crippen LogP contribution in [-0.2, 0) is 11.3 Å². The Morgan fingerprint density at radius 3 is 2.88 bits per heavy atom. The van der Waals surface area contributed by atoms with Gasteiger partial charge in [-0.05, 0) is 32.0 Å². The van der Waals surface area contributed by atoms with Gasteiger partial charge in [0.15, 0.2) is 0 Å². The lowest BCUT2D eigenvalue weighted by atomic mass is 10.2. The molecule has 0 fully saturated rings. The Morgan fingerprint density at radius 1 is 1.59 bits per heavy atom. The zero-order valence-corrected chi connectivity index (χ0v) is 10.6. The predicted molar refractivity (Wildman–Crippen MR) is 66.6 cm³/mol. The van der Waals surface area contributed by atoms with Gasteiger partial charge in [-0.3, -0.25) is 4.79 Å². The summed E-state index contributed by atoms with van der Waals surface area (Å²) in [5.41, 5.74) is 0.854. The Labute approximate surface area is 106 Å². The lowest BCUT2D eigenvalue weighted by molar-refractivity contribution is -0.139. The standard InChI is InChI=1S/C12H16ClNO3/c1-3-17-11-5-4-10(13)6-9(11)7-14-8(2)12(15)16/h4-6,8,14H,3,7H2,1-2H3,(H,15,16)/t8-/m1/s1. The smallest absolute Gasteiger partial charge is 0.320 e. The van der Waals surface area contributed by atoms with E-state index < -0.39 is 12.0 Å². The summed E-state index contributed by atoms with van der Waals surface area (Å²) in [6.07, 6.45) is 0. The van der Waals surface area contributed by atoms with Crippen LogP contribution in [-0.4, -0.2) is 23.7 Å². The molecule has 0 unspecified atom stereocenters. The number of hydrogen-bond donors (Lipinski definition) is 2. The Morgan fingerprint density at radius 2 is 2.29 bits per heavy atom. The van der Waals surface area contributed by atoms with Gasteiger partial charge >= 0.3 is 5.97 Å². The van der Waals surface area contributed by atoms with Crippen LogP contribution in [0, 0.1) is 0 Å². The van der Waals surface area contributed by atoms with Crippen molar-refractivity contribution in [2.75, 3.05) is 6.61 Å². The second kappa shape index (κ2) is 6.47. The van der Waals surface area contributed by atoms with E-state index >= 15 is 0 Å².